The van der Waals surface area contributed by atoms with Crippen LogP contribution < -0.4 is 16.8 Å². The number of H-pyrrole nitrogens is 1. The fraction of sp³-hybridized carbons (Fsp3) is 0.600. The molecule has 0 radical (unpaired) electrons. The lowest BCUT2D eigenvalue weighted by atomic mass is 10.2. The Balaban J connectivity index is 0.000000384. The van der Waals surface area contributed by atoms with Crippen molar-refractivity contribution in [3.8, 4) is 0 Å². The molecule has 12 nitrogen and oxygen atoms in total. The minimum Gasteiger partial charge on any atom is -0.480 e. The van der Waals surface area contributed by atoms with Crippen LogP contribution in [0, 0.1) is 0 Å². The Labute approximate surface area is 155 Å². The number of nitrogens with one attached hydrogen (secondary N) is 2. The topological polar surface area (TPSA) is 225 Å². The van der Waals surface area contributed by atoms with E-state index in [9.17, 15) is 14.4 Å². The molecule has 0 amide bonds. The molecule has 1 aromatic heterocycles. The van der Waals surface area contributed by atoms with Crippen molar-refractivity contribution < 1.29 is 34.8 Å². The number of nitrogens with zero attached hydrogens (tertiary/aromatic N) is 1. The molecule has 2 heterocycles. The van der Waals surface area contributed by atoms with Crippen molar-refractivity contribution >= 4 is 17.9 Å². The van der Waals surface area contributed by atoms with Gasteiger partial charge >= 0.3 is 17.9 Å². The third kappa shape index (κ3) is 10.9. The number of imidazole rings is 1. The zero-order valence-corrected chi connectivity index (χ0v) is 14.9. The highest BCUT2D eigenvalue weighted by atomic mass is 16.4. The van der Waals surface area contributed by atoms with Gasteiger partial charge in [-0.05, 0) is 26.3 Å². The number of carboxylic acids is 3. The summed E-state index contributed by atoms with van der Waals surface area (Å²) >= 11 is 0. The molecule has 12 heteroatoms. The van der Waals surface area contributed by atoms with E-state index in [1.165, 1.54) is 13.3 Å². The summed E-state index contributed by atoms with van der Waals surface area (Å²) in [6, 6.07) is -2.28. The van der Waals surface area contributed by atoms with E-state index in [4.69, 9.17) is 31.9 Å². The first-order chi connectivity index (χ1) is 12.6. The van der Waals surface area contributed by atoms with Crippen LogP contribution in [-0.4, -0.2) is 79.1 Å². The van der Waals surface area contributed by atoms with Crippen LogP contribution in [0.3, 0.4) is 0 Å². The Hall–Kier alpha value is -2.54. The number of aromatic amines is 1. The summed E-state index contributed by atoms with van der Waals surface area (Å²) < 4.78 is 0. The number of aliphatic hydroxyl groups is 1. The predicted octanol–water partition coefficient (Wildman–Crippen LogP) is -2.03. The van der Waals surface area contributed by atoms with Gasteiger partial charge in [-0.3, -0.25) is 14.4 Å². The Morgan fingerprint density at radius 2 is 1.89 bits per heavy atom. The van der Waals surface area contributed by atoms with E-state index in [0.717, 1.165) is 25.1 Å². The van der Waals surface area contributed by atoms with Gasteiger partial charge in [-0.25, -0.2) is 4.98 Å². The van der Waals surface area contributed by atoms with Crippen molar-refractivity contribution in [3.05, 3.63) is 18.2 Å². The maximum absolute atomic E-state index is 10.3. The van der Waals surface area contributed by atoms with Crippen LogP contribution in [0.2, 0.25) is 0 Å². The molecule has 0 spiro atoms. The number of hydrogen-bond donors (Lipinski definition) is 8. The lowest BCUT2D eigenvalue weighted by Crippen LogP contribution is -2.39. The number of rotatable bonds is 6. The van der Waals surface area contributed by atoms with Gasteiger partial charge in [-0.15, -0.1) is 0 Å². The smallest absolute Gasteiger partial charge is 0.323 e. The SMILES string of the molecule is C[C@@H](O)[C@H](N)C(=O)O.N[C@@H](Cc1cnc[nH]1)C(=O)O.O=C(O)[C@@H]1CCCN1. The summed E-state index contributed by atoms with van der Waals surface area (Å²) in [5.74, 6) is -2.90. The summed E-state index contributed by atoms with van der Waals surface area (Å²) in [6.45, 7) is 2.19. The lowest BCUT2D eigenvalue weighted by Gasteiger charge is -2.06. The van der Waals surface area contributed by atoms with Crippen LogP contribution in [0.25, 0.3) is 0 Å². The first-order valence-electron chi connectivity index (χ1n) is 8.14. The molecule has 154 valence electrons. The number of carboxylic acid groups (broad SMARTS) is 3. The van der Waals surface area contributed by atoms with Crippen molar-refractivity contribution in [2.45, 2.75) is 50.4 Å². The molecule has 1 aliphatic heterocycles. The molecule has 27 heavy (non-hydrogen) atoms. The fourth-order valence-corrected chi connectivity index (χ4v) is 1.82. The zero-order chi connectivity index (χ0) is 21.0. The molecule has 1 aliphatic rings. The average molecular weight is 389 g/mol. The molecular formula is C15H27N5O7. The van der Waals surface area contributed by atoms with Crippen molar-refractivity contribution in [1.29, 1.82) is 0 Å². The number of carbonyl (C=O) groups is 3. The standard InChI is InChI=1S/C6H9N3O2.C5H9NO2.C4H9NO3/c7-5(6(10)11)1-4-2-8-3-9-4;7-5(8)4-2-1-3-6-4;1-2(6)3(5)4(7)8/h2-3,5H,1,7H2,(H,8,9)(H,10,11);4,6H,1-3H2,(H,7,8);2-3,6H,5H2,1H3,(H,7,8)/t5-;4-;2-,3+/m001/s1. The van der Waals surface area contributed by atoms with Crippen molar-refractivity contribution in [2.24, 2.45) is 11.5 Å². The van der Waals surface area contributed by atoms with Crippen LogP contribution in [-0.2, 0) is 20.8 Å². The first-order valence-corrected chi connectivity index (χ1v) is 8.14. The van der Waals surface area contributed by atoms with Gasteiger partial charge in [0.25, 0.3) is 0 Å². The molecule has 2 rings (SSSR count). The third-order valence-electron chi connectivity index (χ3n) is 3.48. The van der Waals surface area contributed by atoms with Gasteiger partial charge in [0.1, 0.15) is 18.1 Å². The largest absolute Gasteiger partial charge is 0.480 e. The highest BCUT2D eigenvalue weighted by molar-refractivity contribution is 5.74. The zero-order valence-electron chi connectivity index (χ0n) is 14.9. The van der Waals surface area contributed by atoms with E-state index in [0.29, 0.717) is 0 Å². The molecule has 4 atom stereocenters. The van der Waals surface area contributed by atoms with Crippen LogP contribution in [0.15, 0.2) is 12.5 Å². The highest BCUT2D eigenvalue weighted by Crippen LogP contribution is 2.03. The fourth-order valence-electron chi connectivity index (χ4n) is 1.82. The normalized spacial score (nSPS) is 18.7. The molecule has 0 saturated carbocycles. The molecule has 1 aromatic rings. The third-order valence-corrected chi connectivity index (χ3v) is 3.48. The summed E-state index contributed by atoms with van der Waals surface area (Å²) in [5, 5.41) is 36.2. The van der Waals surface area contributed by atoms with Crippen molar-refractivity contribution in [1.82, 2.24) is 15.3 Å². The van der Waals surface area contributed by atoms with Crippen molar-refractivity contribution in [3.63, 3.8) is 0 Å². The minimum absolute atomic E-state index is 0.269. The van der Waals surface area contributed by atoms with E-state index in [1.807, 2.05) is 0 Å². The van der Waals surface area contributed by atoms with Gasteiger partial charge in [0.05, 0.1) is 12.4 Å². The van der Waals surface area contributed by atoms with E-state index in [2.05, 4.69) is 15.3 Å². The Kier molecular flexibility index (Phi) is 11.6. The average Bonchev–Trinajstić information content (AvgIpc) is 3.28. The number of aliphatic carboxylic acids is 3. The lowest BCUT2D eigenvalue weighted by molar-refractivity contribution is -0.141. The van der Waals surface area contributed by atoms with Crippen LogP contribution in [0.1, 0.15) is 25.5 Å². The van der Waals surface area contributed by atoms with Crippen molar-refractivity contribution in [2.75, 3.05) is 6.54 Å². The quantitative estimate of drug-likeness (QED) is 0.264. The molecule has 1 saturated heterocycles. The maximum atomic E-state index is 10.3. The molecule has 0 unspecified atom stereocenters. The molecule has 0 bridgehead atoms. The predicted molar refractivity (Wildman–Crippen MR) is 93.9 cm³/mol. The summed E-state index contributed by atoms with van der Waals surface area (Å²) in [6.07, 6.45) is 4.14. The second-order valence-electron chi connectivity index (χ2n) is 5.82. The monoisotopic (exact) mass is 389 g/mol. The van der Waals surface area contributed by atoms with Gasteiger partial charge in [0.2, 0.25) is 0 Å². The summed E-state index contributed by atoms with van der Waals surface area (Å²) in [5.41, 5.74) is 10.9. The van der Waals surface area contributed by atoms with Crippen LogP contribution in [0.4, 0.5) is 0 Å². The Morgan fingerprint density at radius 3 is 2.15 bits per heavy atom. The Morgan fingerprint density at radius 1 is 1.26 bits per heavy atom. The summed E-state index contributed by atoms with van der Waals surface area (Å²) in [4.78, 5) is 36.8. The highest BCUT2D eigenvalue weighted by Gasteiger charge is 2.20. The van der Waals surface area contributed by atoms with Gasteiger partial charge in [-0.1, -0.05) is 0 Å². The number of hydrogen-bond acceptors (Lipinski definition) is 8. The second-order valence-corrected chi connectivity index (χ2v) is 5.82. The first kappa shape index (κ1) is 24.5. The maximum Gasteiger partial charge on any atom is 0.323 e. The number of aliphatic hydroxyl groups excluding tert-OH is 1. The van der Waals surface area contributed by atoms with E-state index in [1.54, 1.807) is 6.20 Å². The molecule has 0 aromatic carbocycles. The number of nitrogens with two attached hydrogens (primary N) is 2. The van der Waals surface area contributed by atoms with E-state index < -0.39 is 36.1 Å². The van der Waals surface area contributed by atoms with Crippen LogP contribution in [0.5, 0.6) is 0 Å². The molecule has 0 aliphatic carbocycles. The molecule has 10 N–H and O–H groups in total. The second kappa shape index (κ2) is 12.8. The Bertz CT molecular complexity index is 561. The summed E-state index contributed by atoms with van der Waals surface area (Å²) in [7, 11) is 0. The van der Waals surface area contributed by atoms with Gasteiger partial charge in [0, 0.05) is 18.3 Å². The molecular weight excluding hydrogens is 362 g/mol. The van der Waals surface area contributed by atoms with E-state index >= 15 is 0 Å². The minimum atomic E-state index is -1.18. The van der Waals surface area contributed by atoms with Gasteiger partial charge in [-0.2, -0.15) is 0 Å². The van der Waals surface area contributed by atoms with E-state index in [-0.39, 0.29) is 12.5 Å². The van der Waals surface area contributed by atoms with Gasteiger partial charge in [0.15, 0.2) is 0 Å². The van der Waals surface area contributed by atoms with Crippen LogP contribution >= 0.6 is 0 Å². The molecule has 1 fully saturated rings. The van der Waals surface area contributed by atoms with Gasteiger partial charge < -0.3 is 42.2 Å². The number of aromatic nitrogens is 2.